The number of allylic oxidation sites excluding steroid dienone is 5. The number of halogens is 1. The van der Waals surface area contributed by atoms with Gasteiger partial charge in [-0.1, -0.05) is 77.1 Å². The van der Waals surface area contributed by atoms with Crippen LogP contribution in [0.2, 0.25) is 0 Å². The SMILES string of the molecule is CO[C@H]1C[C@@H]2CC[C@@H](C)[C@@](O)(O2)C(=O)C(=O)N2CCCC[C@H]2C(=O)O[C@H]([C@H](C)C[C@@H]2CC[C@@H](OC(=S)NCCOCCOCCOCCOCCOCCOCCOCCOCCC(=O)NCCS(=O)(=O)c3ccc(C(=O)N4CCOc5ccc(-c6ccc(N)nc6)cc5C4)c(C)c3F)[C@H](OC)C2)C[C@@H](OC)[C@H](C)/C=C(\C)[C@@H](O)[C@@H](OC)C(=O)[C@H](C)C[C@H](C)/C=C/C=C/C=C/1C. The predicted molar refractivity (Wildman–Crippen MR) is 492 cm³/mol. The number of aliphatic hydroxyl groups is 2. The van der Waals surface area contributed by atoms with E-state index in [1.807, 2.05) is 95.3 Å². The van der Waals surface area contributed by atoms with Gasteiger partial charge < -0.3 is 112 Å². The van der Waals surface area contributed by atoms with Gasteiger partial charge in [-0.15, -0.1) is 0 Å². The van der Waals surface area contributed by atoms with Crippen LogP contribution in [-0.2, 0) is 111 Å². The van der Waals surface area contributed by atoms with Crippen molar-refractivity contribution in [2.45, 2.75) is 211 Å². The normalized spacial score (nSPS) is 27.1. The molecule has 3 fully saturated rings. The number of ether oxygens (including phenoxy) is 16. The maximum Gasteiger partial charge on any atom is 0.329 e. The molecule has 131 heavy (non-hydrogen) atoms. The Morgan fingerprint density at radius 1 is 0.695 bits per heavy atom. The number of carbonyl (C=O) groups excluding carboxylic acids is 6. The van der Waals surface area contributed by atoms with E-state index in [1.54, 1.807) is 47.4 Å². The molecule has 0 spiro atoms. The Kier molecular flexibility index (Phi) is 47.0. The van der Waals surface area contributed by atoms with Crippen molar-refractivity contribution in [3.63, 3.8) is 0 Å². The molecule has 3 aromatic rings. The lowest BCUT2D eigenvalue weighted by Gasteiger charge is -2.43. The zero-order valence-corrected chi connectivity index (χ0v) is 80.1. The topological polar surface area (TPSA) is 394 Å². The number of hydrogen-bond acceptors (Lipinski definition) is 29. The smallest absolute Gasteiger partial charge is 0.329 e. The number of amides is 3. The van der Waals surface area contributed by atoms with Gasteiger partial charge in [0.05, 0.1) is 142 Å². The van der Waals surface area contributed by atoms with E-state index in [9.17, 15) is 47.4 Å². The van der Waals surface area contributed by atoms with E-state index >= 15 is 4.39 Å². The molecule has 1 aromatic heterocycles. The molecule has 16 atom stereocenters. The highest BCUT2D eigenvalue weighted by molar-refractivity contribution is 7.91. The number of anilines is 1. The van der Waals surface area contributed by atoms with E-state index in [2.05, 4.69) is 15.6 Å². The number of sulfone groups is 1. The quantitative estimate of drug-likeness (QED) is 0.0116. The molecule has 3 amide bonds. The molecule has 0 radical (unpaired) electrons. The number of methoxy groups -OCH3 is 4. The third kappa shape index (κ3) is 34.3. The number of aliphatic hydroxyl groups excluding tert-OH is 1. The highest BCUT2D eigenvalue weighted by Crippen LogP contribution is 2.40. The number of benzene rings is 2. The summed E-state index contributed by atoms with van der Waals surface area (Å²) in [6.45, 7) is 20.7. The maximum atomic E-state index is 15.8. The fraction of sp³-hybridized carbons (Fsp3) is 0.667. The Morgan fingerprint density at radius 2 is 1.34 bits per heavy atom. The molecule has 32 nitrogen and oxygen atoms in total. The number of rotatable bonds is 41. The van der Waals surface area contributed by atoms with Crippen LogP contribution in [0.3, 0.4) is 0 Å². The minimum atomic E-state index is -4.19. The minimum absolute atomic E-state index is 0.0102. The fourth-order valence-electron chi connectivity index (χ4n) is 17.0. The number of nitrogens with two attached hydrogens (primary N) is 1. The van der Waals surface area contributed by atoms with Gasteiger partial charge in [0.1, 0.15) is 59.3 Å². The van der Waals surface area contributed by atoms with Crippen molar-refractivity contribution in [3.8, 4) is 16.9 Å². The molecule has 2 saturated heterocycles. The first-order valence-corrected chi connectivity index (χ1v) is 48.1. The van der Waals surface area contributed by atoms with Crippen LogP contribution in [0.15, 0.2) is 101 Å². The number of aromatic nitrogens is 1. The lowest BCUT2D eigenvalue weighted by atomic mass is 9.78. The van der Waals surface area contributed by atoms with Gasteiger partial charge in [-0.2, -0.15) is 0 Å². The number of hydrogen-bond donors (Lipinski definition) is 5. The van der Waals surface area contributed by atoms with Crippen molar-refractivity contribution in [2.75, 3.05) is 178 Å². The van der Waals surface area contributed by atoms with Gasteiger partial charge in [0, 0.05) is 115 Å². The predicted octanol–water partition coefficient (Wildman–Crippen LogP) is 9.76. The third-order valence-corrected chi connectivity index (χ3v) is 26.8. The zero-order valence-electron chi connectivity index (χ0n) is 78.5. The molecule has 1 saturated carbocycles. The number of pyridine rings is 1. The van der Waals surface area contributed by atoms with Crippen LogP contribution in [0.4, 0.5) is 10.2 Å². The molecule has 2 aromatic carbocycles. The Hall–Kier alpha value is -7.66. The second kappa shape index (κ2) is 56.6. The first-order valence-electron chi connectivity index (χ1n) is 46.0. The van der Waals surface area contributed by atoms with E-state index in [-0.39, 0.29) is 130 Å². The van der Waals surface area contributed by atoms with E-state index in [0.717, 1.165) is 34.8 Å². The Bertz CT molecular complexity index is 4330. The number of cyclic esters (lactones) is 1. The molecule has 0 unspecified atom stereocenters. The number of ketones is 2. The summed E-state index contributed by atoms with van der Waals surface area (Å²) in [7, 11) is 2.03. The van der Waals surface area contributed by atoms with E-state index in [0.29, 0.717) is 167 Å². The van der Waals surface area contributed by atoms with Crippen LogP contribution in [0.1, 0.15) is 153 Å². The summed E-state index contributed by atoms with van der Waals surface area (Å²) in [5.41, 5.74) is 9.47. The molecule has 5 heterocycles. The van der Waals surface area contributed by atoms with Crippen LogP contribution in [0.5, 0.6) is 5.75 Å². The lowest BCUT2D eigenvalue weighted by Crippen LogP contribution is -2.61. The molecular formula is C96H143FN6O26S2. The Balaban J connectivity index is 0.651. The van der Waals surface area contributed by atoms with Crippen LogP contribution in [0.25, 0.3) is 11.1 Å². The van der Waals surface area contributed by atoms with E-state index in [4.69, 9.17) is 93.7 Å². The van der Waals surface area contributed by atoms with Crippen LogP contribution in [0, 0.1) is 48.2 Å². The molecule has 732 valence electrons. The summed E-state index contributed by atoms with van der Waals surface area (Å²) in [6.07, 6.45) is 13.5. The number of esters is 1. The van der Waals surface area contributed by atoms with Crippen molar-refractivity contribution in [1.29, 1.82) is 0 Å². The fourth-order valence-corrected chi connectivity index (χ4v) is 18.6. The number of nitrogen functional groups attached to an aromatic ring is 1. The maximum absolute atomic E-state index is 15.8. The molecule has 4 aliphatic heterocycles. The second-order valence-electron chi connectivity index (χ2n) is 34.5. The summed E-state index contributed by atoms with van der Waals surface area (Å²) >= 11 is 5.64. The average molecular weight is 1880 g/mol. The zero-order chi connectivity index (χ0) is 95.0. The number of thiocarbonyl (C=S) groups is 1. The number of nitrogens with zero attached hydrogens (tertiary/aromatic N) is 3. The first kappa shape index (κ1) is 109. The molecule has 8 rings (SSSR count). The summed E-state index contributed by atoms with van der Waals surface area (Å²) in [6, 6.07) is 10.4. The molecule has 1 aliphatic carbocycles. The summed E-state index contributed by atoms with van der Waals surface area (Å²) in [5, 5.41) is 29.9. The number of carbonyl (C=O) groups is 6. The lowest BCUT2D eigenvalue weighted by molar-refractivity contribution is -0.265. The largest absolute Gasteiger partial charge is 0.491 e. The van der Waals surface area contributed by atoms with Crippen LogP contribution >= 0.6 is 12.2 Å². The van der Waals surface area contributed by atoms with Crippen molar-refractivity contribution in [3.05, 3.63) is 119 Å². The minimum Gasteiger partial charge on any atom is -0.491 e. The van der Waals surface area contributed by atoms with Crippen molar-refractivity contribution >= 4 is 68.3 Å². The number of Topliss-reactive ketones (excluding diaryl/α,β-unsaturated/α-hetero) is 2. The van der Waals surface area contributed by atoms with Gasteiger partial charge in [0.25, 0.3) is 22.8 Å². The number of piperidine rings is 1. The molecule has 2 bridgehead atoms. The van der Waals surface area contributed by atoms with Crippen molar-refractivity contribution < 1.29 is 128 Å². The third-order valence-electron chi connectivity index (χ3n) is 24.8. The Morgan fingerprint density at radius 3 is 1.96 bits per heavy atom. The number of fused-ring (bicyclic) bond motifs is 4. The van der Waals surface area contributed by atoms with Gasteiger partial charge in [0.15, 0.2) is 15.6 Å². The number of nitrogens with one attached hydrogen (secondary N) is 2. The van der Waals surface area contributed by atoms with Gasteiger partial charge in [-0.3, -0.25) is 24.0 Å². The Labute approximate surface area is 777 Å². The molecule has 5 aliphatic rings. The van der Waals surface area contributed by atoms with Crippen molar-refractivity contribution in [2.24, 2.45) is 35.5 Å². The monoisotopic (exact) mass is 1880 g/mol. The molecule has 35 heteroatoms. The van der Waals surface area contributed by atoms with E-state index in [1.165, 1.54) is 29.9 Å². The average Bonchev–Trinajstić information content (AvgIpc) is 1.13. The summed E-state index contributed by atoms with van der Waals surface area (Å²) < 4.78 is 136. The van der Waals surface area contributed by atoms with Crippen LogP contribution in [-0.4, -0.2) is 307 Å². The molecular weight excluding hydrogens is 1740 g/mol. The van der Waals surface area contributed by atoms with Gasteiger partial charge >= 0.3 is 5.97 Å². The summed E-state index contributed by atoms with van der Waals surface area (Å²) in [5.74, 6) is -8.71. The van der Waals surface area contributed by atoms with E-state index < -0.39 is 116 Å². The molecule has 6 N–H and O–H groups in total. The summed E-state index contributed by atoms with van der Waals surface area (Å²) in [4.78, 5) is 90.8. The van der Waals surface area contributed by atoms with Crippen LogP contribution < -0.4 is 21.1 Å². The standard InChI is InChI=1S/C96H143FN6O26S2/c1-63-18-14-13-15-19-64(2)80(114-9)59-75-25-21-69(7)96(111,129-75)91(107)93(109)103-34-17-16-20-77(103)94(110)127-82(60-81(115-10)65(3)55-68(6)89(106)90(117-12)88(105)67(5)54-63)66(4)56-71-22-27-79(83(57-71)116-11)128-95(130)100-32-37-119-40-42-121-44-46-123-48-50-125-52-51-124-49-47-122-45-43-120-41-39-118-36-31-86(104)99-33-53-131(112,113)84-29-26-76(70(8)87(84)97)92(108)102-35-38-126-78-28-23-72(58-74(78)62-102)73-24-30-85(98)101-61-73/h13-15,18-19,23-24,26,28-30,55,58,61,63,65-67,69,71,75,77,79-83,89-90,106,111H,16-17,20-22,25,27,31-54,56-57,59-60,62H2,1-12H3,(H2,98,101)(H,99,104)(H,100,130)/b15-13+,18-14+,64-19+,68-55+/t63-,65-,66-,67-,69-,71+,75+,77+,79-,80+,81-,82+,83-,89-,90+,96-/m1/s1. The highest BCUT2D eigenvalue weighted by Gasteiger charge is 2.53. The van der Waals surface area contributed by atoms with Crippen molar-refractivity contribution in [1.82, 2.24) is 25.4 Å². The van der Waals surface area contributed by atoms with Gasteiger partial charge in [-0.05, 0) is 174 Å². The van der Waals surface area contributed by atoms with Gasteiger partial charge in [0.2, 0.25) is 11.7 Å². The van der Waals surface area contributed by atoms with Gasteiger partial charge in [-0.25, -0.2) is 22.6 Å². The second-order valence-corrected chi connectivity index (χ2v) is 37.0. The first-order chi connectivity index (χ1) is 62.9. The highest BCUT2D eigenvalue weighted by atomic mass is 32.2.